The summed E-state index contributed by atoms with van der Waals surface area (Å²) in [5, 5.41) is 24.7. The molecule has 120 valence electrons. The van der Waals surface area contributed by atoms with Crippen LogP contribution in [0.5, 0.6) is 11.5 Å². The van der Waals surface area contributed by atoms with Gasteiger partial charge in [0.2, 0.25) is 0 Å². The van der Waals surface area contributed by atoms with E-state index < -0.39 is 11.9 Å². The van der Waals surface area contributed by atoms with Crippen LogP contribution in [0.15, 0.2) is 36.4 Å². The lowest BCUT2D eigenvalue weighted by Gasteiger charge is -2.11. The van der Waals surface area contributed by atoms with Crippen molar-refractivity contribution in [1.29, 1.82) is 0 Å². The summed E-state index contributed by atoms with van der Waals surface area (Å²) in [4.78, 5) is 23.4. The van der Waals surface area contributed by atoms with Gasteiger partial charge in [-0.2, -0.15) is 0 Å². The molecule has 0 aromatic heterocycles. The molecule has 0 saturated heterocycles. The molecule has 2 aromatic carbocycles. The number of hydrogen-bond donors (Lipinski definition) is 4. The zero-order valence-corrected chi connectivity index (χ0v) is 12.6. The summed E-state index contributed by atoms with van der Waals surface area (Å²) in [5.74, 6) is -2.42. The van der Waals surface area contributed by atoms with Crippen molar-refractivity contribution in [2.45, 2.75) is 0 Å². The SMILES string of the molecule is CNc1ccc(C(=O)Oc2ccc(NC)cc2C(=O)O)c(O)c1. The fourth-order valence-electron chi connectivity index (χ4n) is 1.96. The van der Waals surface area contributed by atoms with Gasteiger partial charge in [0.25, 0.3) is 0 Å². The smallest absolute Gasteiger partial charge is 0.347 e. The monoisotopic (exact) mass is 316 g/mol. The maximum atomic E-state index is 12.2. The summed E-state index contributed by atoms with van der Waals surface area (Å²) in [6.07, 6.45) is 0. The van der Waals surface area contributed by atoms with E-state index in [-0.39, 0.29) is 22.6 Å². The summed E-state index contributed by atoms with van der Waals surface area (Å²) < 4.78 is 5.12. The number of carbonyl (C=O) groups excluding carboxylic acids is 1. The Morgan fingerprint density at radius 2 is 1.57 bits per heavy atom. The number of carbonyl (C=O) groups is 2. The van der Waals surface area contributed by atoms with Crippen molar-refractivity contribution in [3.8, 4) is 11.5 Å². The number of phenols is 1. The molecule has 4 N–H and O–H groups in total. The number of carboxylic acids is 1. The second-order valence-corrected chi connectivity index (χ2v) is 4.64. The zero-order chi connectivity index (χ0) is 17.0. The first-order valence-corrected chi connectivity index (χ1v) is 6.74. The highest BCUT2D eigenvalue weighted by molar-refractivity contribution is 5.97. The number of hydrogen-bond acceptors (Lipinski definition) is 6. The van der Waals surface area contributed by atoms with Crippen LogP contribution in [0.25, 0.3) is 0 Å². The molecule has 2 aromatic rings. The Morgan fingerprint density at radius 1 is 0.957 bits per heavy atom. The van der Waals surface area contributed by atoms with Crippen molar-refractivity contribution >= 4 is 23.3 Å². The number of nitrogens with one attached hydrogen (secondary N) is 2. The Kier molecular flexibility index (Phi) is 4.70. The number of aromatic carboxylic acids is 1. The number of carboxylic acid groups (broad SMARTS) is 1. The summed E-state index contributed by atoms with van der Waals surface area (Å²) in [7, 11) is 3.32. The van der Waals surface area contributed by atoms with Crippen molar-refractivity contribution in [3.05, 3.63) is 47.5 Å². The molecule has 23 heavy (non-hydrogen) atoms. The highest BCUT2D eigenvalue weighted by Crippen LogP contribution is 2.27. The molecule has 0 unspecified atom stereocenters. The molecular formula is C16H16N2O5. The predicted octanol–water partition coefficient (Wildman–Crippen LogP) is 2.39. The van der Waals surface area contributed by atoms with Crippen molar-refractivity contribution < 1.29 is 24.5 Å². The first kappa shape index (κ1) is 16.2. The minimum Gasteiger partial charge on any atom is -0.507 e. The van der Waals surface area contributed by atoms with Crippen LogP contribution >= 0.6 is 0 Å². The summed E-state index contributed by atoms with van der Waals surface area (Å²) in [6, 6.07) is 8.68. The van der Waals surface area contributed by atoms with Crippen LogP contribution in [-0.2, 0) is 0 Å². The van der Waals surface area contributed by atoms with Crippen LogP contribution in [0.2, 0.25) is 0 Å². The molecule has 0 aliphatic carbocycles. The topological polar surface area (TPSA) is 108 Å². The van der Waals surface area contributed by atoms with E-state index in [1.165, 1.54) is 24.3 Å². The number of aromatic hydroxyl groups is 1. The van der Waals surface area contributed by atoms with E-state index in [1.54, 1.807) is 26.2 Å². The molecule has 0 aliphatic rings. The minimum atomic E-state index is -1.22. The van der Waals surface area contributed by atoms with E-state index in [2.05, 4.69) is 10.6 Å². The molecule has 7 nitrogen and oxygen atoms in total. The van der Waals surface area contributed by atoms with Crippen molar-refractivity contribution in [1.82, 2.24) is 0 Å². The number of phenolic OH excluding ortho intramolecular Hbond substituents is 1. The standard InChI is InChI=1S/C16H16N2O5/c1-17-9-4-6-14(12(7-9)15(20)21)23-16(22)11-5-3-10(18-2)8-13(11)19/h3-8,17-19H,1-2H3,(H,20,21). The Morgan fingerprint density at radius 3 is 2.13 bits per heavy atom. The zero-order valence-electron chi connectivity index (χ0n) is 12.6. The number of benzene rings is 2. The third-order valence-corrected chi connectivity index (χ3v) is 3.21. The van der Waals surface area contributed by atoms with Gasteiger partial charge in [-0.3, -0.25) is 0 Å². The van der Waals surface area contributed by atoms with E-state index in [0.717, 1.165) is 0 Å². The van der Waals surface area contributed by atoms with Crippen LogP contribution in [0.3, 0.4) is 0 Å². The maximum absolute atomic E-state index is 12.2. The first-order chi connectivity index (χ1) is 11.0. The van der Waals surface area contributed by atoms with E-state index in [1.807, 2.05) is 0 Å². The van der Waals surface area contributed by atoms with E-state index in [0.29, 0.717) is 11.4 Å². The Bertz CT molecular complexity index is 758. The lowest BCUT2D eigenvalue weighted by atomic mass is 10.1. The molecule has 0 heterocycles. The average Bonchev–Trinajstić information content (AvgIpc) is 2.54. The van der Waals surface area contributed by atoms with Gasteiger partial charge in [0, 0.05) is 31.5 Å². The van der Waals surface area contributed by atoms with E-state index in [9.17, 15) is 19.8 Å². The second kappa shape index (κ2) is 6.69. The van der Waals surface area contributed by atoms with Gasteiger partial charge in [0.1, 0.15) is 22.6 Å². The van der Waals surface area contributed by atoms with Gasteiger partial charge in [-0.25, -0.2) is 9.59 Å². The van der Waals surface area contributed by atoms with E-state index >= 15 is 0 Å². The van der Waals surface area contributed by atoms with Crippen molar-refractivity contribution in [2.24, 2.45) is 0 Å². The van der Waals surface area contributed by atoms with Gasteiger partial charge < -0.3 is 25.6 Å². The molecule has 0 fully saturated rings. The van der Waals surface area contributed by atoms with E-state index in [4.69, 9.17) is 4.74 Å². The lowest BCUT2D eigenvalue weighted by Crippen LogP contribution is -2.12. The van der Waals surface area contributed by atoms with Crippen LogP contribution in [0.4, 0.5) is 11.4 Å². The molecule has 0 atom stereocenters. The Labute approximate surface area is 132 Å². The fraction of sp³-hybridized carbons (Fsp3) is 0.125. The number of anilines is 2. The summed E-state index contributed by atoms with van der Waals surface area (Å²) in [6.45, 7) is 0. The van der Waals surface area contributed by atoms with Gasteiger partial charge in [0.05, 0.1) is 0 Å². The summed E-state index contributed by atoms with van der Waals surface area (Å²) >= 11 is 0. The minimum absolute atomic E-state index is 0.0574. The summed E-state index contributed by atoms with van der Waals surface area (Å²) in [5.41, 5.74) is 0.988. The fourth-order valence-corrected chi connectivity index (χ4v) is 1.96. The first-order valence-electron chi connectivity index (χ1n) is 6.74. The maximum Gasteiger partial charge on any atom is 0.347 e. The normalized spacial score (nSPS) is 10.0. The highest BCUT2D eigenvalue weighted by atomic mass is 16.5. The van der Waals surface area contributed by atoms with Crippen LogP contribution in [0.1, 0.15) is 20.7 Å². The molecule has 0 radical (unpaired) electrons. The van der Waals surface area contributed by atoms with Gasteiger partial charge in [-0.1, -0.05) is 0 Å². The molecule has 0 aliphatic heterocycles. The molecule has 0 saturated carbocycles. The molecule has 2 rings (SSSR count). The predicted molar refractivity (Wildman–Crippen MR) is 85.6 cm³/mol. The van der Waals surface area contributed by atoms with Crippen LogP contribution in [-0.4, -0.2) is 36.2 Å². The number of ether oxygens (including phenoxy) is 1. The third kappa shape index (κ3) is 3.52. The molecule has 7 heteroatoms. The number of esters is 1. The second-order valence-electron chi connectivity index (χ2n) is 4.64. The molecular weight excluding hydrogens is 300 g/mol. The Balaban J connectivity index is 2.32. The number of rotatable bonds is 5. The molecule has 0 amide bonds. The highest BCUT2D eigenvalue weighted by Gasteiger charge is 2.19. The average molecular weight is 316 g/mol. The van der Waals surface area contributed by atoms with Crippen LogP contribution < -0.4 is 15.4 Å². The Hall–Kier alpha value is -3.22. The lowest BCUT2D eigenvalue weighted by molar-refractivity contribution is 0.0681. The van der Waals surface area contributed by atoms with Crippen LogP contribution in [0, 0.1) is 0 Å². The van der Waals surface area contributed by atoms with Gasteiger partial charge in [0.15, 0.2) is 0 Å². The molecule has 0 bridgehead atoms. The third-order valence-electron chi connectivity index (χ3n) is 3.21. The van der Waals surface area contributed by atoms with Gasteiger partial charge in [-0.05, 0) is 30.3 Å². The van der Waals surface area contributed by atoms with Crippen molar-refractivity contribution in [3.63, 3.8) is 0 Å². The molecule has 0 spiro atoms. The van der Waals surface area contributed by atoms with Gasteiger partial charge in [-0.15, -0.1) is 0 Å². The largest absolute Gasteiger partial charge is 0.507 e. The van der Waals surface area contributed by atoms with Gasteiger partial charge >= 0.3 is 11.9 Å². The van der Waals surface area contributed by atoms with Crippen molar-refractivity contribution in [2.75, 3.05) is 24.7 Å². The quantitative estimate of drug-likeness (QED) is 0.495.